The van der Waals surface area contributed by atoms with Gasteiger partial charge in [-0.05, 0) is 31.2 Å². The van der Waals surface area contributed by atoms with Crippen molar-refractivity contribution >= 4 is 17.5 Å². The fourth-order valence-corrected chi connectivity index (χ4v) is 3.03. The van der Waals surface area contributed by atoms with Crippen LogP contribution in [0.25, 0.3) is 0 Å². The molecule has 0 aliphatic heterocycles. The highest BCUT2D eigenvalue weighted by molar-refractivity contribution is 6.30. The number of nitrogens with one attached hydrogen (secondary N) is 1. The summed E-state index contributed by atoms with van der Waals surface area (Å²) >= 11 is 6.23. The highest BCUT2D eigenvalue weighted by atomic mass is 35.5. The Morgan fingerprint density at radius 2 is 1.84 bits per heavy atom. The minimum atomic E-state index is -0.591. The monoisotopic (exact) mass is 279 g/mol. The van der Waals surface area contributed by atoms with Gasteiger partial charge in [0.25, 0.3) is 0 Å². The molecule has 1 saturated carbocycles. The zero-order chi connectivity index (χ0) is 13.7. The van der Waals surface area contributed by atoms with E-state index in [1.165, 1.54) is 32.1 Å². The average molecular weight is 280 g/mol. The van der Waals surface area contributed by atoms with Gasteiger partial charge in [0.1, 0.15) is 5.38 Å². The highest BCUT2D eigenvalue weighted by Crippen LogP contribution is 2.27. The van der Waals surface area contributed by atoms with E-state index in [0.29, 0.717) is 5.92 Å². The Balaban J connectivity index is 1.89. The van der Waals surface area contributed by atoms with Gasteiger partial charge in [-0.3, -0.25) is 4.79 Å². The molecule has 0 aromatic heterocycles. The van der Waals surface area contributed by atoms with Crippen LogP contribution in [0.2, 0.25) is 0 Å². The second-order valence-corrected chi connectivity index (χ2v) is 5.91. The average Bonchev–Trinajstić information content (AvgIpc) is 2.48. The van der Waals surface area contributed by atoms with Crippen LogP contribution in [0.3, 0.4) is 0 Å². The van der Waals surface area contributed by atoms with Crippen molar-refractivity contribution in [2.45, 2.75) is 50.4 Å². The number of alkyl halides is 1. The van der Waals surface area contributed by atoms with E-state index in [1.807, 2.05) is 30.3 Å². The van der Waals surface area contributed by atoms with Crippen molar-refractivity contribution in [3.63, 3.8) is 0 Å². The molecular weight excluding hydrogens is 258 g/mol. The van der Waals surface area contributed by atoms with Gasteiger partial charge in [-0.2, -0.15) is 0 Å². The second kappa shape index (κ2) is 6.95. The summed E-state index contributed by atoms with van der Waals surface area (Å²) in [5.74, 6) is 0.531. The van der Waals surface area contributed by atoms with Crippen LogP contribution in [0, 0.1) is 5.92 Å². The molecule has 1 aromatic rings. The fourth-order valence-electron chi connectivity index (χ4n) is 2.82. The van der Waals surface area contributed by atoms with Crippen molar-refractivity contribution < 1.29 is 4.79 Å². The maximum Gasteiger partial charge on any atom is 0.242 e. The van der Waals surface area contributed by atoms with Crippen molar-refractivity contribution in [2.24, 2.45) is 5.92 Å². The number of carbonyl (C=O) groups excluding carboxylic acids is 1. The Hall–Kier alpha value is -1.02. The van der Waals surface area contributed by atoms with Gasteiger partial charge in [-0.15, -0.1) is 11.6 Å². The highest BCUT2D eigenvalue weighted by Gasteiger charge is 2.24. The molecule has 2 nitrogen and oxygen atoms in total. The van der Waals surface area contributed by atoms with Crippen LogP contribution in [0.1, 0.15) is 50.0 Å². The first kappa shape index (κ1) is 14.4. The van der Waals surface area contributed by atoms with Crippen LogP contribution in [-0.4, -0.2) is 11.9 Å². The van der Waals surface area contributed by atoms with Crippen molar-refractivity contribution in [1.82, 2.24) is 5.32 Å². The van der Waals surface area contributed by atoms with Gasteiger partial charge in [-0.1, -0.05) is 49.6 Å². The number of amides is 1. The summed E-state index contributed by atoms with van der Waals surface area (Å²) in [5.41, 5.74) is 0.859. The predicted molar refractivity (Wildman–Crippen MR) is 79.2 cm³/mol. The summed E-state index contributed by atoms with van der Waals surface area (Å²) in [4.78, 5) is 12.2. The van der Waals surface area contributed by atoms with Gasteiger partial charge in [0.15, 0.2) is 0 Å². The van der Waals surface area contributed by atoms with E-state index in [4.69, 9.17) is 11.6 Å². The van der Waals surface area contributed by atoms with Crippen molar-refractivity contribution in [1.29, 1.82) is 0 Å². The first-order valence-electron chi connectivity index (χ1n) is 7.18. The van der Waals surface area contributed by atoms with Crippen LogP contribution >= 0.6 is 11.6 Å². The third kappa shape index (κ3) is 3.97. The number of halogens is 1. The number of hydrogen-bond donors (Lipinski definition) is 1. The van der Waals surface area contributed by atoms with Gasteiger partial charge < -0.3 is 5.32 Å². The standard InChI is InChI=1S/C16H22ClNO/c1-12(13-8-4-2-5-9-13)18-16(19)15(17)14-10-6-3-7-11-14/h3,6-7,10-13,15H,2,4-5,8-9H2,1H3,(H,18,19)/t12-,15?/m1/s1. The van der Waals surface area contributed by atoms with E-state index in [-0.39, 0.29) is 11.9 Å². The van der Waals surface area contributed by atoms with Gasteiger partial charge in [0.2, 0.25) is 5.91 Å². The third-order valence-electron chi connectivity index (χ3n) is 4.05. The molecule has 3 heteroatoms. The summed E-state index contributed by atoms with van der Waals surface area (Å²) in [6.45, 7) is 2.10. The number of benzene rings is 1. The van der Waals surface area contributed by atoms with Gasteiger partial charge in [0, 0.05) is 6.04 Å². The number of rotatable bonds is 4. The summed E-state index contributed by atoms with van der Waals surface area (Å²) in [6.07, 6.45) is 6.35. The van der Waals surface area contributed by atoms with E-state index in [2.05, 4.69) is 12.2 Å². The van der Waals surface area contributed by atoms with Crippen LogP contribution in [0.5, 0.6) is 0 Å². The molecule has 0 spiro atoms. The molecule has 1 aliphatic carbocycles. The molecule has 0 radical (unpaired) electrons. The van der Waals surface area contributed by atoms with Crippen LogP contribution in [-0.2, 0) is 4.79 Å². The lowest BCUT2D eigenvalue weighted by atomic mass is 9.84. The number of carbonyl (C=O) groups is 1. The molecule has 104 valence electrons. The zero-order valence-electron chi connectivity index (χ0n) is 11.4. The normalized spacial score (nSPS) is 19.7. The second-order valence-electron chi connectivity index (χ2n) is 5.47. The maximum atomic E-state index is 12.2. The maximum absolute atomic E-state index is 12.2. The summed E-state index contributed by atoms with van der Waals surface area (Å²) in [5, 5.41) is 2.49. The molecular formula is C16H22ClNO. The minimum absolute atomic E-state index is 0.0778. The molecule has 0 saturated heterocycles. The fraction of sp³-hybridized carbons (Fsp3) is 0.562. The van der Waals surface area contributed by atoms with E-state index in [0.717, 1.165) is 5.56 Å². The quantitative estimate of drug-likeness (QED) is 0.828. The summed E-state index contributed by atoms with van der Waals surface area (Å²) < 4.78 is 0. The molecule has 19 heavy (non-hydrogen) atoms. The van der Waals surface area contributed by atoms with Crippen molar-refractivity contribution in [3.8, 4) is 0 Å². The van der Waals surface area contributed by atoms with E-state index in [1.54, 1.807) is 0 Å². The van der Waals surface area contributed by atoms with Crippen LogP contribution in [0.15, 0.2) is 30.3 Å². The molecule has 1 N–H and O–H groups in total. The van der Waals surface area contributed by atoms with Gasteiger partial charge >= 0.3 is 0 Å². The molecule has 1 unspecified atom stereocenters. The number of hydrogen-bond acceptors (Lipinski definition) is 1. The Morgan fingerprint density at radius 3 is 2.47 bits per heavy atom. The third-order valence-corrected chi connectivity index (χ3v) is 4.50. The van der Waals surface area contributed by atoms with E-state index >= 15 is 0 Å². The Bertz CT molecular complexity index is 400. The molecule has 2 atom stereocenters. The lowest BCUT2D eigenvalue weighted by Gasteiger charge is -2.28. The lowest BCUT2D eigenvalue weighted by Crippen LogP contribution is -2.40. The molecule has 1 aliphatic rings. The summed E-state index contributed by atoms with van der Waals surface area (Å²) in [7, 11) is 0. The van der Waals surface area contributed by atoms with Gasteiger partial charge in [-0.25, -0.2) is 0 Å². The van der Waals surface area contributed by atoms with E-state index < -0.39 is 5.38 Å². The first-order chi connectivity index (χ1) is 9.18. The molecule has 0 heterocycles. The van der Waals surface area contributed by atoms with Crippen molar-refractivity contribution in [2.75, 3.05) is 0 Å². The first-order valence-corrected chi connectivity index (χ1v) is 7.61. The zero-order valence-corrected chi connectivity index (χ0v) is 12.2. The molecule has 0 bridgehead atoms. The topological polar surface area (TPSA) is 29.1 Å². The molecule has 1 amide bonds. The Morgan fingerprint density at radius 1 is 1.21 bits per heavy atom. The molecule has 1 fully saturated rings. The molecule has 2 rings (SSSR count). The predicted octanol–water partition coefficient (Wildman–Crippen LogP) is 4.05. The van der Waals surface area contributed by atoms with Gasteiger partial charge in [0.05, 0.1) is 0 Å². The van der Waals surface area contributed by atoms with Crippen molar-refractivity contribution in [3.05, 3.63) is 35.9 Å². The minimum Gasteiger partial charge on any atom is -0.352 e. The largest absolute Gasteiger partial charge is 0.352 e. The Labute approximate surface area is 120 Å². The Kier molecular flexibility index (Phi) is 5.26. The van der Waals surface area contributed by atoms with Crippen LogP contribution < -0.4 is 5.32 Å². The van der Waals surface area contributed by atoms with Crippen LogP contribution in [0.4, 0.5) is 0 Å². The molecule has 1 aromatic carbocycles. The lowest BCUT2D eigenvalue weighted by molar-refractivity contribution is -0.121. The van der Waals surface area contributed by atoms with E-state index in [9.17, 15) is 4.79 Å². The summed E-state index contributed by atoms with van der Waals surface area (Å²) in [6, 6.07) is 9.74. The SMILES string of the molecule is C[C@@H](NC(=O)C(Cl)c1ccccc1)C1CCCCC1. The smallest absolute Gasteiger partial charge is 0.242 e.